The maximum atomic E-state index is 12.0. The summed E-state index contributed by atoms with van der Waals surface area (Å²) in [6, 6.07) is 12.0. The molecule has 7 heteroatoms. The maximum absolute atomic E-state index is 12.0. The number of carbonyl (C=O) groups excluding carboxylic acids is 1. The summed E-state index contributed by atoms with van der Waals surface area (Å²) >= 11 is 0. The molecule has 0 radical (unpaired) electrons. The second-order valence-corrected chi connectivity index (χ2v) is 7.40. The van der Waals surface area contributed by atoms with E-state index in [1.54, 1.807) is 0 Å². The van der Waals surface area contributed by atoms with Crippen LogP contribution in [0.1, 0.15) is 20.8 Å². The van der Waals surface area contributed by atoms with Crippen LogP contribution >= 0.6 is 0 Å². The Labute approximate surface area is 154 Å². The number of urea groups is 1. The molecule has 26 heavy (non-hydrogen) atoms. The van der Waals surface area contributed by atoms with E-state index >= 15 is 0 Å². The molecular weight excluding hydrogens is 328 g/mol. The van der Waals surface area contributed by atoms with Gasteiger partial charge in [-0.25, -0.2) is 14.8 Å². The van der Waals surface area contributed by atoms with Crippen molar-refractivity contribution in [3.05, 3.63) is 42.7 Å². The van der Waals surface area contributed by atoms with Crippen molar-refractivity contribution in [2.45, 2.75) is 26.3 Å². The van der Waals surface area contributed by atoms with Gasteiger partial charge < -0.3 is 15.1 Å². The average molecular weight is 354 g/mol. The van der Waals surface area contributed by atoms with Crippen LogP contribution < -0.4 is 20.4 Å². The van der Waals surface area contributed by atoms with E-state index in [1.165, 1.54) is 12.0 Å². The molecule has 138 valence electrons. The number of nitrogens with one attached hydrogen (secondary N) is 2. The summed E-state index contributed by atoms with van der Waals surface area (Å²) in [4.78, 5) is 25.1. The molecule has 1 aromatic heterocycles. The molecule has 2 heterocycles. The molecular formula is C19H26N6O. The third-order valence-corrected chi connectivity index (χ3v) is 4.11. The predicted molar refractivity (Wildman–Crippen MR) is 105 cm³/mol. The highest BCUT2D eigenvalue weighted by Gasteiger charge is 2.19. The number of hydrogen-bond donors (Lipinski definition) is 2. The molecule has 2 aromatic rings. The Hall–Kier alpha value is -2.83. The molecule has 0 unspecified atom stereocenters. The predicted octanol–water partition coefficient (Wildman–Crippen LogP) is 2.72. The number of anilines is 3. The van der Waals surface area contributed by atoms with E-state index < -0.39 is 0 Å². The van der Waals surface area contributed by atoms with Gasteiger partial charge in [0.05, 0.1) is 0 Å². The first-order chi connectivity index (χ1) is 12.4. The summed E-state index contributed by atoms with van der Waals surface area (Å²) in [5, 5.41) is 5.63. The summed E-state index contributed by atoms with van der Waals surface area (Å²) in [7, 11) is 0. The third kappa shape index (κ3) is 4.84. The molecule has 0 saturated carbocycles. The van der Waals surface area contributed by atoms with Crippen LogP contribution in [0.3, 0.4) is 0 Å². The minimum atomic E-state index is -0.298. The van der Waals surface area contributed by atoms with E-state index in [0.29, 0.717) is 5.82 Å². The van der Waals surface area contributed by atoms with E-state index in [9.17, 15) is 4.79 Å². The normalized spacial score (nSPS) is 14.9. The number of piperazine rings is 1. The fourth-order valence-electron chi connectivity index (χ4n) is 2.91. The van der Waals surface area contributed by atoms with Gasteiger partial charge in [-0.1, -0.05) is 18.2 Å². The summed E-state index contributed by atoms with van der Waals surface area (Å²) in [5.74, 6) is 1.33. The maximum Gasteiger partial charge on any atom is 0.320 e. The number of rotatable bonds is 3. The summed E-state index contributed by atoms with van der Waals surface area (Å²) in [6.45, 7) is 9.42. The first kappa shape index (κ1) is 18.0. The molecule has 3 rings (SSSR count). The van der Waals surface area contributed by atoms with Gasteiger partial charge in [-0.3, -0.25) is 5.32 Å². The Morgan fingerprint density at radius 1 is 1.00 bits per heavy atom. The first-order valence-electron chi connectivity index (χ1n) is 8.87. The van der Waals surface area contributed by atoms with Crippen LogP contribution in [0.15, 0.2) is 42.7 Å². The zero-order valence-corrected chi connectivity index (χ0v) is 15.6. The second kappa shape index (κ2) is 7.59. The molecule has 1 fully saturated rings. The van der Waals surface area contributed by atoms with Gasteiger partial charge in [0.15, 0.2) is 0 Å². The molecule has 0 bridgehead atoms. The molecule has 0 atom stereocenters. The second-order valence-electron chi connectivity index (χ2n) is 7.40. The lowest BCUT2D eigenvalue weighted by Crippen LogP contribution is -2.47. The quantitative estimate of drug-likeness (QED) is 0.887. The van der Waals surface area contributed by atoms with E-state index in [2.05, 4.69) is 54.7 Å². The zero-order chi connectivity index (χ0) is 18.6. The van der Waals surface area contributed by atoms with E-state index in [4.69, 9.17) is 0 Å². The summed E-state index contributed by atoms with van der Waals surface area (Å²) in [5.41, 5.74) is 0.948. The minimum absolute atomic E-state index is 0.268. The SMILES string of the molecule is CC(C)(C)NC(=O)Nc1cc(N2CCN(c3ccccc3)CC2)ncn1. The number of benzene rings is 1. The zero-order valence-electron chi connectivity index (χ0n) is 15.6. The molecule has 0 aliphatic carbocycles. The van der Waals surface area contributed by atoms with Crippen LogP contribution in [0.5, 0.6) is 0 Å². The summed E-state index contributed by atoms with van der Waals surface area (Å²) in [6.07, 6.45) is 1.49. The summed E-state index contributed by atoms with van der Waals surface area (Å²) < 4.78 is 0. The van der Waals surface area contributed by atoms with Crippen molar-refractivity contribution in [1.29, 1.82) is 0 Å². The lowest BCUT2D eigenvalue weighted by atomic mass is 10.1. The van der Waals surface area contributed by atoms with Crippen molar-refractivity contribution in [3.63, 3.8) is 0 Å². The van der Waals surface area contributed by atoms with Crippen molar-refractivity contribution in [2.24, 2.45) is 0 Å². The van der Waals surface area contributed by atoms with Gasteiger partial charge in [-0.15, -0.1) is 0 Å². The molecule has 7 nitrogen and oxygen atoms in total. The van der Waals surface area contributed by atoms with Gasteiger partial charge in [0.2, 0.25) is 0 Å². The van der Waals surface area contributed by atoms with Crippen molar-refractivity contribution in [3.8, 4) is 0 Å². The monoisotopic (exact) mass is 354 g/mol. The average Bonchev–Trinajstić information content (AvgIpc) is 2.61. The Bertz CT molecular complexity index is 735. The van der Waals surface area contributed by atoms with Crippen LogP contribution in [-0.4, -0.2) is 47.7 Å². The standard InChI is InChI=1S/C19H26N6O/c1-19(2,3)23-18(26)22-16-13-17(21-14-20-16)25-11-9-24(10-12-25)15-7-5-4-6-8-15/h4-8,13-14H,9-12H2,1-3H3,(H2,20,21,22,23,26). The highest BCUT2D eigenvalue weighted by atomic mass is 16.2. The Morgan fingerprint density at radius 3 is 2.31 bits per heavy atom. The van der Waals surface area contributed by atoms with Crippen LogP contribution in [-0.2, 0) is 0 Å². The fraction of sp³-hybridized carbons (Fsp3) is 0.421. The smallest absolute Gasteiger partial charge is 0.320 e. The number of carbonyl (C=O) groups is 1. The molecule has 1 aliphatic rings. The van der Waals surface area contributed by atoms with Crippen molar-refractivity contribution in [1.82, 2.24) is 15.3 Å². The van der Waals surface area contributed by atoms with Crippen molar-refractivity contribution >= 4 is 23.4 Å². The number of hydrogen-bond acceptors (Lipinski definition) is 5. The van der Waals surface area contributed by atoms with Gasteiger partial charge in [-0.05, 0) is 32.9 Å². The van der Waals surface area contributed by atoms with Crippen LogP contribution in [0.4, 0.5) is 22.1 Å². The van der Waals surface area contributed by atoms with Crippen LogP contribution in [0.2, 0.25) is 0 Å². The van der Waals surface area contributed by atoms with E-state index in [1.807, 2.05) is 32.9 Å². The molecule has 2 N–H and O–H groups in total. The molecule has 2 amide bonds. The van der Waals surface area contributed by atoms with E-state index in [-0.39, 0.29) is 11.6 Å². The third-order valence-electron chi connectivity index (χ3n) is 4.11. The van der Waals surface area contributed by atoms with Gasteiger partial charge in [0.1, 0.15) is 18.0 Å². The minimum Gasteiger partial charge on any atom is -0.368 e. The number of para-hydroxylation sites is 1. The van der Waals surface area contributed by atoms with Gasteiger partial charge in [-0.2, -0.15) is 0 Å². The van der Waals surface area contributed by atoms with Crippen LogP contribution in [0, 0.1) is 0 Å². The largest absolute Gasteiger partial charge is 0.368 e. The number of amides is 2. The molecule has 1 aromatic carbocycles. The Morgan fingerprint density at radius 2 is 1.65 bits per heavy atom. The van der Waals surface area contributed by atoms with Crippen molar-refractivity contribution in [2.75, 3.05) is 41.3 Å². The lowest BCUT2D eigenvalue weighted by Gasteiger charge is -2.36. The van der Waals surface area contributed by atoms with Crippen LogP contribution in [0.25, 0.3) is 0 Å². The van der Waals surface area contributed by atoms with Gasteiger partial charge in [0, 0.05) is 43.5 Å². The number of aromatic nitrogens is 2. The van der Waals surface area contributed by atoms with E-state index in [0.717, 1.165) is 32.0 Å². The van der Waals surface area contributed by atoms with Gasteiger partial charge in [0.25, 0.3) is 0 Å². The molecule has 0 spiro atoms. The topological polar surface area (TPSA) is 73.4 Å². The fourth-order valence-corrected chi connectivity index (χ4v) is 2.91. The highest BCUT2D eigenvalue weighted by molar-refractivity contribution is 5.89. The Balaban J connectivity index is 1.60. The first-order valence-corrected chi connectivity index (χ1v) is 8.87. The molecule has 1 aliphatic heterocycles. The molecule has 1 saturated heterocycles. The Kier molecular flexibility index (Phi) is 5.25. The highest BCUT2D eigenvalue weighted by Crippen LogP contribution is 2.20. The lowest BCUT2D eigenvalue weighted by molar-refractivity contribution is 0.243. The number of nitrogens with zero attached hydrogens (tertiary/aromatic N) is 4. The van der Waals surface area contributed by atoms with Crippen molar-refractivity contribution < 1.29 is 4.79 Å². The van der Waals surface area contributed by atoms with Gasteiger partial charge >= 0.3 is 6.03 Å².